The van der Waals surface area contributed by atoms with Crippen LogP contribution in [0.3, 0.4) is 0 Å². The minimum absolute atomic E-state index is 0.00872. The van der Waals surface area contributed by atoms with Gasteiger partial charge >= 0.3 is 0 Å². The number of benzene rings is 1. The highest BCUT2D eigenvalue weighted by Crippen LogP contribution is 2.37. The third-order valence-corrected chi connectivity index (χ3v) is 5.47. The van der Waals surface area contributed by atoms with Crippen LogP contribution in [0.5, 0.6) is 17.2 Å². The van der Waals surface area contributed by atoms with Gasteiger partial charge in [0.1, 0.15) is 5.76 Å². The number of furan rings is 1. The fourth-order valence-electron chi connectivity index (χ4n) is 3.87. The Morgan fingerprint density at radius 2 is 1.87 bits per heavy atom. The first kappa shape index (κ1) is 22.8. The van der Waals surface area contributed by atoms with Crippen LogP contribution < -0.4 is 20.1 Å². The van der Waals surface area contributed by atoms with Crippen LogP contribution in [-0.4, -0.2) is 56.4 Å². The van der Waals surface area contributed by atoms with Gasteiger partial charge in [0.05, 0.1) is 33.1 Å². The summed E-state index contributed by atoms with van der Waals surface area (Å²) < 4.78 is 16.2. The van der Waals surface area contributed by atoms with Gasteiger partial charge in [0.15, 0.2) is 17.5 Å². The summed E-state index contributed by atoms with van der Waals surface area (Å²) in [5.41, 5.74) is 0.877. The van der Waals surface area contributed by atoms with Gasteiger partial charge in [0.2, 0.25) is 5.75 Å². The summed E-state index contributed by atoms with van der Waals surface area (Å²) in [5.74, 6) is 2.42. The summed E-state index contributed by atoms with van der Waals surface area (Å²) >= 11 is 0. The van der Waals surface area contributed by atoms with Gasteiger partial charge in [-0.15, -0.1) is 0 Å². The zero-order valence-electron chi connectivity index (χ0n) is 18.7. The Hall–Kier alpha value is -2.87. The number of guanidine groups is 1. The number of likely N-dealkylation sites (tertiary alicyclic amines) is 1. The molecule has 1 aromatic heterocycles. The van der Waals surface area contributed by atoms with E-state index in [4.69, 9.17) is 18.9 Å². The number of methoxy groups -OCH3 is 2. The van der Waals surface area contributed by atoms with E-state index in [-0.39, 0.29) is 11.8 Å². The molecule has 1 atom stereocenters. The normalized spacial score (nSPS) is 16.0. The van der Waals surface area contributed by atoms with Gasteiger partial charge in [-0.3, -0.25) is 4.90 Å². The lowest BCUT2D eigenvalue weighted by molar-refractivity contribution is 0.146. The van der Waals surface area contributed by atoms with Gasteiger partial charge in [-0.2, -0.15) is 0 Å². The van der Waals surface area contributed by atoms with Crippen molar-refractivity contribution >= 4 is 5.96 Å². The van der Waals surface area contributed by atoms with E-state index in [1.54, 1.807) is 18.4 Å². The molecule has 3 N–H and O–H groups in total. The van der Waals surface area contributed by atoms with Gasteiger partial charge in [0, 0.05) is 13.1 Å². The lowest BCUT2D eigenvalue weighted by Gasteiger charge is -2.33. The van der Waals surface area contributed by atoms with Crippen LogP contribution in [-0.2, 0) is 6.54 Å². The summed E-state index contributed by atoms with van der Waals surface area (Å²) in [6, 6.07) is 7.68. The molecule has 0 radical (unpaired) electrons. The molecule has 8 nitrogen and oxygen atoms in total. The maximum atomic E-state index is 10.1. The van der Waals surface area contributed by atoms with Crippen LogP contribution in [0.15, 0.2) is 39.9 Å². The number of phenolic OH excluding ortho intramolecular Hbond substituents is 1. The molecule has 1 saturated heterocycles. The second kappa shape index (κ2) is 11.5. The molecule has 0 bridgehead atoms. The van der Waals surface area contributed by atoms with E-state index in [2.05, 4.69) is 15.5 Å². The number of nitrogens with zero attached hydrogens (tertiary/aromatic N) is 2. The molecule has 31 heavy (non-hydrogen) atoms. The molecule has 0 saturated carbocycles. The average Bonchev–Trinajstić information content (AvgIpc) is 3.33. The van der Waals surface area contributed by atoms with Gasteiger partial charge in [-0.05, 0) is 62.7 Å². The predicted octanol–water partition coefficient (Wildman–Crippen LogP) is 3.28. The SMILES string of the molecule is CCNC(=NCc1cc(OC)c(O)c(OC)c1)NCC(c1ccco1)N1CCCCC1. The van der Waals surface area contributed by atoms with Crippen LogP contribution in [0.2, 0.25) is 0 Å². The van der Waals surface area contributed by atoms with E-state index >= 15 is 0 Å². The summed E-state index contributed by atoms with van der Waals surface area (Å²) in [4.78, 5) is 7.20. The standard InChI is InChI=1S/C23H34N4O4/c1-4-24-23(25-15-17-13-20(29-2)22(28)21(14-17)30-3)26-16-18(19-9-8-12-31-19)27-10-6-5-7-11-27/h8-9,12-14,18,28H,4-7,10-11,15-16H2,1-3H3,(H2,24,25,26). The summed E-state index contributed by atoms with van der Waals surface area (Å²) in [6.45, 7) is 6.06. The Morgan fingerprint density at radius 1 is 1.16 bits per heavy atom. The van der Waals surface area contributed by atoms with E-state index in [9.17, 15) is 5.11 Å². The van der Waals surface area contributed by atoms with Crippen molar-refractivity contribution in [3.63, 3.8) is 0 Å². The van der Waals surface area contributed by atoms with Crippen LogP contribution in [0.25, 0.3) is 0 Å². The highest BCUT2D eigenvalue weighted by molar-refractivity contribution is 5.79. The average molecular weight is 431 g/mol. The first-order chi connectivity index (χ1) is 15.2. The Bertz CT molecular complexity index is 807. The highest BCUT2D eigenvalue weighted by Gasteiger charge is 2.24. The highest BCUT2D eigenvalue weighted by atomic mass is 16.5. The largest absolute Gasteiger partial charge is 0.502 e. The topological polar surface area (TPSA) is 91.5 Å². The van der Waals surface area contributed by atoms with Gasteiger partial charge in [-0.25, -0.2) is 4.99 Å². The minimum Gasteiger partial charge on any atom is -0.502 e. The molecule has 8 heteroatoms. The lowest BCUT2D eigenvalue weighted by atomic mass is 10.1. The summed E-state index contributed by atoms with van der Waals surface area (Å²) in [5, 5.41) is 16.9. The maximum absolute atomic E-state index is 10.1. The van der Waals surface area contributed by atoms with Crippen molar-refractivity contribution in [3.05, 3.63) is 41.9 Å². The first-order valence-electron chi connectivity index (χ1n) is 10.9. The number of aliphatic imine (C=N–C) groups is 1. The fraction of sp³-hybridized carbons (Fsp3) is 0.522. The quantitative estimate of drug-likeness (QED) is 0.415. The molecule has 1 aromatic carbocycles. The van der Waals surface area contributed by atoms with E-state index in [1.807, 2.05) is 19.1 Å². The molecule has 3 rings (SSSR count). The molecule has 1 aliphatic rings. The zero-order chi connectivity index (χ0) is 22.1. The van der Waals surface area contributed by atoms with Crippen molar-refractivity contribution in [2.24, 2.45) is 4.99 Å². The smallest absolute Gasteiger partial charge is 0.200 e. The number of hydrogen-bond acceptors (Lipinski definition) is 6. The summed E-state index contributed by atoms with van der Waals surface area (Å²) in [7, 11) is 3.03. The number of hydrogen-bond donors (Lipinski definition) is 3. The number of ether oxygens (including phenoxy) is 2. The Kier molecular flexibility index (Phi) is 8.46. The van der Waals surface area contributed by atoms with Crippen molar-refractivity contribution in [2.45, 2.75) is 38.8 Å². The lowest BCUT2D eigenvalue weighted by Crippen LogP contribution is -2.44. The van der Waals surface area contributed by atoms with Crippen molar-refractivity contribution < 1.29 is 19.0 Å². The third kappa shape index (κ3) is 6.07. The zero-order valence-corrected chi connectivity index (χ0v) is 18.7. The van der Waals surface area contributed by atoms with Crippen LogP contribution >= 0.6 is 0 Å². The van der Waals surface area contributed by atoms with Crippen molar-refractivity contribution in [3.8, 4) is 17.2 Å². The summed E-state index contributed by atoms with van der Waals surface area (Å²) in [6.07, 6.45) is 5.46. The van der Waals surface area contributed by atoms with E-state index in [0.717, 1.165) is 36.9 Å². The molecule has 0 aliphatic carbocycles. The minimum atomic E-state index is -0.00872. The van der Waals surface area contributed by atoms with Gasteiger partial charge in [0.25, 0.3) is 0 Å². The monoisotopic (exact) mass is 430 g/mol. The molecule has 170 valence electrons. The molecule has 1 unspecified atom stereocenters. The third-order valence-electron chi connectivity index (χ3n) is 5.47. The molecule has 0 spiro atoms. The van der Waals surface area contributed by atoms with E-state index < -0.39 is 0 Å². The van der Waals surface area contributed by atoms with Crippen molar-refractivity contribution in [1.29, 1.82) is 0 Å². The van der Waals surface area contributed by atoms with Crippen LogP contribution in [0.4, 0.5) is 0 Å². The molecule has 2 aromatic rings. The fourth-order valence-corrected chi connectivity index (χ4v) is 3.87. The van der Waals surface area contributed by atoms with Gasteiger partial charge in [-0.1, -0.05) is 6.42 Å². The molecule has 1 aliphatic heterocycles. The number of aromatic hydroxyl groups is 1. The molecule has 0 amide bonds. The van der Waals surface area contributed by atoms with Gasteiger partial charge < -0.3 is 29.6 Å². The Balaban J connectivity index is 1.71. The van der Waals surface area contributed by atoms with Crippen LogP contribution in [0.1, 0.15) is 43.6 Å². The molecular formula is C23H34N4O4. The number of piperidine rings is 1. The maximum Gasteiger partial charge on any atom is 0.200 e. The Labute approximate surface area is 184 Å². The molecular weight excluding hydrogens is 396 g/mol. The number of phenols is 1. The van der Waals surface area contributed by atoms with Crippen LogP contribution in [0, 0.1) is 0 Å². The number of nitrogens with one attached hydrogen (secondary N) is 2. The predicted molar refractivity (Wildman–Crippen MR) is 121 cm³/mol. The van der Waals surface area contributed by atoms with Crippen molar-refractivity contribution in [1.82, 2.24) is 15.5 Å². The molecule has 2 heterocycles. The van der Waals surface area contributed by atoms with E-state index in [0.29, 0.717) is 24.6 Å². The second-order valence-electron chi connectivity index (χ2n) is 7.55. The first-order valence-corrected chi connectivity index (χ1v) is 10.9. The second-order valence-corrected chi connectivity index (χ2v) is 7.55. The van der Waals surface area contributed by atoms with E-state index in [1.165, 1.54) is 33.5 Å². The Morgan fingerprint density at radius 3 is 2.45 bits per heavy atom. The molecule has 1 fully saturated rings. The van der Waals surface area contributed by atoms with Crippen molar-refractivity contribution in [2.75, 3.05) is 40.4 Å². The number of rotatable bonds is 9.